The van der Waals surface area contributed by atoms with Crippen molar-refractivity contribution in [3.8, 4) is 17.0 Å². The second-order valence-corrected chi connectivity index (χ2v) is 8.16. The van der Waals surface area contributed by atoms with Gasteiger partial charge in [-0.05, 0) is 42.3 Å². The minimum Gasteiger partial charge on any atom is -0.507 e. The van der Waals surface area contributed by atoms with Gasteiger partial charge in [0.05, 0.1) is 17.5 Å². The molecule has 4 aromatic rings. The van der Waals surface area contributed by atoms with Gasteiger partial charge in [-0.1, -0.05) is 34.1 Å². The highest BCUT2D eigenvalue weighted by molar-refractivity contribution is 9.10. The van der Waals surface area contributed by atoms with E-state index in [4.69, 9.17) is 4.42 Å². The molecule has 0 spiro atoms. The Kier molecular flexibility index (Phi) is 5.78. The number of thiazole rings is 1. The molecule has 0 aliphatic heterocycles. The van der Waals surface area contributed by atoms with Crippen molar-refractivity contribution in [2.45, 2.75) is 6.42 Å². The van der Waals surface area contributed by atoms with Gasteiger partial charge >= 0.3 is 5.63 Å². The normalized spacial score (nSPS) is 11.2. The van der Waals surface area contributed by atoms with Crippen LogP contribution < -0.4 is 11.1 Å². The lowest BCUT2D eigenvalue weighted by molar-refractivity contribution is 0.469. The molecule has 0 saturated heterocycles. The number of hydrazone groups is 1. The summed E-state index contributed by atoms with van der Waals surface area (Å²) >= 11 is 4.73. The molecule has 8 heteroatoms. The van der Waals surface area contributed by atoms with Crippen molar-refractivity contribution < 1.29 is 9.52 Å². The molecule has 0 radical (unpaired) electrons. The molecule has 150 valence electrons. The van der Waals surface area contributed by atoms with Crippen molar-refractivity contribution in [2.24, 2.45) is 5.10 Å². The molecule has 2 heterocycles. The molecule has 2 aromatic carbocycles. The fourth-order valence-electron chi connectivity index (χ4n) is 2.91. The second-order valence-electron chi connectivity index (χ2n) is 6.39. The molecule has 2 N–H and O–H groups in total. The number of phenols is 1. The highest BCUT2D eigenvalue weighted by atomic mass is 79.9. The number of para-hydroxylation sites is 1. The molecule has 0 atom stereocenters. The first-order valence-corrected chi connectivity index (χ1v) is 10.6. The summed E-state index contributed by atoms with van der Waals surface area (Å²) in [7, 11) is 0. The van der Waals surface area contributed by atoms with Crippen LogP contribution in [0.4, 0.5) is 5.13 Å². The number of nitrogens with one attached hydrogen (secondary N) is 1. The molecule has 6 nitrogen and oxygen atoms in total. The summed E-state index contributed by atoms with van der Waals surface area (Å²) in [4.78, 5) is 16.8. The predicted octanol–water partition coefficient (Wildman–Crippen LogP) is 5.56. The Morgan fingerprint density at radius 2 is 2.17 bits per heavy atom. The van der Waals surface area contributed by atoms with Crippen molar-refractivity contribution in [2.75, 3.05) is 5.43 Å². The minimum absolute atomic E-state index is 0.169. The van der Waals surface area contributed by atoms with Gasteiger partial charge in [0.2, 0.25) is 5.13 Å². The van der Waals surface area contributed by atoms with Gasteiger partial charge in [0.1, 0.15) is 11.3 Å². The number of phenolic OH excluding ortho intramolecular Hbond substituents is 1. The number of fused-ring (bicyclic) bond motifs is 1. The number of allylic oxidation sites excluding steroid dienone is 1. The number of anilines is 1. The SMILES string of the molecule is C=CCc1cccc(C=NNc2nc(-c3cc4cc(Br)ccc4oc3=O)cs2)c1O. The maximum absolute atomic E-state index is 12.4. The Balaban J connectivity index is 1.55. The van der Waals surface area contributed by atoms with E-state index in [0.717, 1.165) is 15.4 Å². The molecule has 0 aliphatic rings. The smallest absolute Gasteiger partial charge is 0.345 e. The summed E-state index contributed by atoms with van der Waals surface area (Å²) in [6.45, 7) is 3.69. The van der Waals surface area contributed by atoms with Crippen molar-refractivity contribution in [1.29, 1.82) is 0 Å². The second kappa shape index (κ2) is 8.64. The lowest BCUT2D eigenvalue weighted by Crippen LogP contribution is -2.03. The van der Waals surface area contributed by atoms with E-state index in [0.29, 0.717) is 34.0 Å². The highest BCUT2D eigenvalue weighted by Gasteiger charge is 2.12. The number of rotatable bonds is 6. The molecule has 0 fully saturated rings. The number of aromatic hydroxyl groups is 1. The maximum atomic E-state index is 12.4. The standard InChI is InChI=1S/C22H16BrN3O3S/c1-2-4-13-5-3-6-14(20(13)27)11-24-26-22-25-18(12-30-22)17-10-15-9-16(23)7-8-19(15)29-21(17)28/h2-3,5-12,27H,1,4H2,(H,25,26). The number of aromatic nitrogens is 1. The molecular formula is C22H16BrN3O3S. The number of halogens is 1. The zero-order valence-electron chi connectivity index (χ0n) is 15.6. The summed E-state index contributed by atoms with van der Waals surface area (Å²) < 4.78 is 6.29. The van der Waals surface area contributed by atoms with Crippen LogP contribution in [0.25, 0.3) is 22.2 Å². The Morgan fingerprint density at radius 3 is 3.00 bits per heavy atom. The predicted molar refractivity (Wildman–Crippen MR) is 125 cm³/mol. The van der Waals surface area contributed by atoms with Crippen molar-refractivity contribution in [3.63, 3.8) is 0 Å². The average molecular weight is 482 g/mol. The van der Waals surface area contributed by atoms with E-state index >= 15 is 0 Å². The van der Waals surface area contributed by atoms with Gasteiger partial charge < -0.3 is 9.52 Å². The summed E-state index contributed by atoms with van der Waals surface area (Å²) in [6, 6.07) is 12.6. The first kappa shape index (κ1) is 20.1. The Labute approximate surface area is 184 Å². The summed E-state index contributed by atoms with van der Waals surface area (Å²) in [6.07, 6.45) is 3.82. The number of hydrogen-bond donors (Lipinski definition) is 2. The summed E-state index contributed by atoms with van der Waals surface area (Å²) in [5.74, 6) is 0.169. The topological polar surface area (TPSA) is 87.7 Å². The zero-order valence-corrected chi connectivity index (χ0v) is 18.0. The quantitative estimate of drug-likeness (QED) is 0.163. The molecule has 0 aliphatic carbocycles. The third kappa shape index (κ3) is 4.19. The number of hydrogen-bond acceptors (Lipinski definition) is 7. The van der Waals surface area contributed by atoms with E-state index in [1.807, 2.05) is 24.3 Å². The van der Waals surface area contributed by atoms with E-state index in [1.54, 1.807) is 29.7 Å². The fourth-order valence-corrected chi connectivity index (χ4v) is 3.95. The van der Waals surface area contributed by atoms with Crippen LogP contribution in [-0.2, 0) is 6.42 Å². The molecule has 0 bridgehead atoms. The summed E-state index contributed by atoms with van der Waals surface area (Å²) in [5, 5.41) is 17.5. The minimum atomic E-state index is -0.450. The number of nitrogens with zero attached hydrogens (tertiary/aromatic N) is 2. The largest absolute Gasteiger partial charge is 0.507 e. The number of benzene rings is 2. The van der Waals surface area contributed by atoms with Crippen molar-refractivity contribution >= 4 is 49.6 Å². The van der Waals surface area contributed by atoms with Gasteiger partial charge in [-0.3, -0.25) is 5.43 Å². The molecule has 0 amide bonds. The van der Waals surface area contributed by atoms with Crippen LogP contribution in [0.5, 0.6) is 5.75 Å². The van der Waals surface area contributed by atoms with Crippen molar-refractivity contribution in [3.05, 3.63) is 86.5 Å². The third-order valence-electron chi connectivity index (χ3n) is 4.35. The fraction of sp³-hybridized carbons (Fsp3) is 0.0455. The molecule has 0 unspecified atom stereocenters. The maximum Gasteiger partial charge on any atom is 0.345 e. The van der Waals surface area contributed by atoms with Crippen LogP contribution in [0.3, 0.4) is 0 Å². The van der Waals surface area contributed by atoms with Gasteiger partial charge in [0.15, 0.2) is 0 Å². The average Bonchev–Trinajstić information content (AvgIpc) is 3.19. The van der Waals surface area contributed by atoms with Gasteiger partial charge in [-0.2, -0.15) is 5.10 Å². The monoisotopic (exact) mass is 481 g/mol. The molecule has 4 rings (SSSR count). The summed E-state index contributed by atoms with van der Waals surface area (Å²) in [5.41, 5.74) is 5.14. The molecule has 0 saturated carbocycles. The van der Waals surface area contributed by atoms with Gasteiger partial charge in [0, 0.05) is 20.8 Å². The van der Waals surface area contributed by atoms with Crippen LogP contribution in [0.1, 0.15) is 11.1 Å². The van der Waals surface area contributed by atoms with Crippen molar-refractivity contribution in [1.82, 2.24) is 4.98 Å². The van der Waals surface area contributed by atoms with Crippen LogP contribution in [-0.4, -0.2) is 16.3 Å². The Hall–Kier alpha value is -3.23. The highest BCUT2D eigenvalue weighted by Crippen LogP contribution is 2.27. The van der Waals surface area contributed by atoms with Gasteiger partial charge in [-0.15, -0.1) is 17.9 Å². The molecular weight excluding hydrogens is 466 g/mol. The van der Waals surface area contributed by atoms with Crippen LogP contribution in [0.15, 0.2) is 79.3 Å². The van der Waals surface area contributed by atoms with E-state index in [9.17, 15) is 9.90 Å². The van der Waals surface area contributed by atoms with Crippen LogP contribution in [0.2, 0.25) is 0 Å². The first-order valence-electron chi connectivity index (χ1n) is 8.95. The Morgan fingerprint density at radius 1 is 1.30 bits per heavy atom. The molecule has 30 heavy (non-hydrogen) atoms. The van der Waals surface area contributed by atoms with Gasteiger partial charge in [0.25, 0.3) is 0 Å². The van der Waals surface area contributed by atoms with Gasteiger partial charge in [-0.25, -0.2) is 9.78 Å². The zero-order chi connectivity index (χ0) is 21.1. The lowest BCUT2D eigenvalue weighted by Gasteiger charge is -2.04. The van der Waals surface area contributed by atoms with Crippen LogP contribution in [0, 0.1) is 0 Å². The van der Waals surface area contributed by atoms with E-state index in [2.05, 4.69) is 38.0 Å². The van der Waals surface area contributed by atoms with E-state index in [-0.39, 0.29) is 5.75 Å². The lowest BCUT2D eigenvalue weighted by atomic mass is 10.1. The third-order valence-corrected chi connectivity index (χ3v) is 5.59. The van der Waals surface area contributed by atoms with E-state index in [1.165, 1.54) is 17.6 Å². The van der Waals surface area contributed by atoms with Crippen LogP contribution >= 0.6 is 27.3 Å². The van der Waals surface area contributed by atoms with E-state index < -0.39 is 5.63 Å². The first-order chi connectivity index (χ1) is 14.5. The molecule has 2 aromatic heterocycles. The Bertz CT molecular complexity index is 1330.